The zero-order valence-electron chi connectivity index (χ0n) is 14.4. The molecule has 2 atom stereocenters. The molecule has 0 heterocycles. The van der Waals surface area contributed by atoms with Gasteiger partial charge in [-0.05, 0) is 48.6 Å². The summed E-state index contributed by atoms with van der Waals surface area (Å²) in [5.41, 5.74) is 4.67. The van der Waals surface area contributed by atoms with E-state index in [0.717, 1.165) is 12.0 Å². The molecule has 3 rings (SSSR count). The number of benzene rings is 2. The van der Waals surface area contributed by atoms with Crippen molar-refractivity contribution in [1.82, 2.24) is 5.43 Å². The number of methoxy groups -OCH3 is 1. The minimum Gasteiger partial charge on any atom is -0.493 e. The second kappa shape index (κ2) is 7.83. The molecule has 5 heteroatoms. The van der Waals surface area contributed by atoms with Crippen LogP contribution in [0.4, 0.5) is 0 Å². The Balaban J connectivity index is 1.56. The van der Waals surface area contributed by atoms with Crippen molar-refractivity contribution >= 4 is 12.1 Å². The molecule has 1 N–H and O–H groups in total. The molecule has 1 amide bonds. The molecule has 0 radical (unpaired) electrons. The summed E-state index contributed by atoms with van der Waals surface area (Å²) < 4.78 is 10.8. The van der Waals surface area contributed by atoms with E-state index in [2.05, 4.69) is 22.7 Å². The molecule has 0 saturated heterocycles. The molecule has 2 aromatic carbocycles. The molecule has 25 heavy (non-hydrogen) atoms. The lowest BCUT2D eigenvalue weighted by Crippen LogP contribution is -2.20. The fourth-order valence-electron chi connectivity index (χ4n) is 2.85. The first-order valence-electron chi connectivity index (χ1n) is 8.41. The molecule has 1 fully saturated rings. The predicted octanol–water partition coefficient (Wildman–Crippen LogP) is 3.35. The average molecular weight is 338 g/mol. The number of carbonyl (C=O) groups excluding carboxylic acids is 1. The van der Waals surface area contributed by atoms with Gasteiger partial charge in [0.15, 0.2) is 11.5 Å². The van der Waals surface area contributed by atoms with Gasteiger partial charge in [0.2, 0.25) is 5.91 Å². The van der Waals surface area contributed by atoms with Crippen LogP contribution in [-0.2, 0) is 4.79 Å². The second-order valence-corrected chi connectivity index (χ2v) is 5.94. The Bertz CT molecular complexity index is 759. The largest absolute Gasteiger partial charge is 0.493 e. The van der Waals surface area contributed by atoms with E-state index >= 15 is 0 Å². The Morgan fingerprint density at radius 2 is 2.04 bits per heavy atom. The fourth-order valence-corrected chi connectivity index (χ4v) is 2.85. The van der Waals surface area contributed by atoms with Crippen LogP contribution in [0.1, 0.15) is 30.4 Å². The van der Waals surface area contributed by atoms with Crippen LogP contribution in [0, 0.1) is 5.92 Å². The number of rotatable bonds is 7. The molecule has 5 nitrogen and oxygen atoms in total. The highest BCUT2D eigenvalue weighted by molar-refractivity contribution is 5.86. The average Bonchev–Trinajstić information content (AvgIpc) is 3.44. The van der Waals surface area contributed by atoms with E-state index in [1.54, 1.807) is 13.3 Å². The van der Waals surface area contributed by atoms with Gasteiger partial charge in [-0.15, -0.1) is 0 Å². The van der Waals surface area contributed by atoms with E-state index in [4.69, 9.17) is 9.47 Å². The van der Waals surface area contributed by atoms with E-state index in [9.17, 15) is 4.79 Å². The molecule has 1 aliphatic carbocycles. The lowest BCUT2D eigenvalue weighted by Gasteiger charge is -2.09. The highest BCUT2D eigenvalue weighted by Gasteiger charge is 2.43. The number of hydrogen-bond donors (Lipinski definition) is 1. The molecular formula is C20H22N2O3. The van der Waals surface area contributed by atoms with Gasteiger partial charge >= 0.3 is 0 Å². The Labute approximate surface area is 147 Å². The van der Waals surface area contributed by atoms with Crippen LogP contribution in [0.15, 0.2) is 53.6 Å². The lowest BCUT2D eigenvalue weighted by molar-refractivity contribution is -0.122. The highest BCUT2D eigenvalue weighted by Crippen LogP contribution is 2.47. The topological polar surface area (TPSA) is 59.9 Å². The van der Waals surface area contributed by atoms with Crippen LogP contribution in [0.3, 0.4) is 0 Å². The molecule has 2 unspecified atom stereocenters. The maximum atomic E-state index is 12.2. The van der Waals surface area contributed by atoms with Crippen molar-refractivity contribution in [2.75, 3.05) is 13.7 Å². The Kier molecular flexibility index (Phi) is 5.33. The third-order valence-electron chi connectivity index (χ3n) is 4.23. The smallest absolute Gasteiger partial charge is 0.243 e. The summed E-state index contributed by atoms with van der Waals surface area (Å²) in [4.78, 5) is 12.2. The summed E-state index contributed by atoms with van der Waals surface area (Å²) in [5.74, 6) is 1.61. The van der Waals surface area contributed by atoms with Gasteiger partial charge in [0.1, 0.15) is 0 Å². The van der Waals surface area contributed by atoms with Crippen molar-refractivity contribution in [3.8, 4) is 11.5 Å². The van der Waals surface area contributed by atoms with Gasteiger partial charge in [-0.25, -0.2) is 5.43 Å². The summed E-state index contributed by atoms with van der Waals surface area (Å²) in [6.07, 6.45) is 2.48. The number of carbonyl (C=O) groups is 1. The van der Waals surface area contributed by atoms with Crippen LogP contribution >= 0.6 is 0 Å². The SMILES string of the molecule is CCOc1ccc(/C=N/NC(=O)C2CC2c2ccccc2)cc1OC. The standard InChI is InChI=1S/C20H22N2O3/c1-3-25-18-10-9-14(11-19(18)24-2)13-21-22-20(23)17-12-16(17)15-7-5-4-6-8-15/h4-11,13,16-17H,3,12H2,1-2H3,(H,22,23)/b21-13+. The van der Waals surface area contributed by atoms with Crippen molar-refractivity contribution in [1.29, 1.82) is 0 Å². The summed E-state index contributed by atoms with van der Waals surface area (Å²) >= 11 is 0. The Morgan fingerprint density at radius 1 is 1.24 bits per heavy atom. The molecule has 0 bridgehead atoms. The number of ether oxygens (including phenoxy) is 2. The number of amides is 1. The van der Waals surface area contributed by atoms with E-state index in [1.165, 1.54) is 5.56 Å². The second-order valence-electron chi connectivity index (χ2n) is 5.94. The molecule has 0 aromatic heterocycles. The molecule has 1 saturated carbocycles. The van der Waals surface area contributed by atoms with Crippen LogP contribution in [0.5, 0.6) is 11.5 Å². The summed E-state index contributed by atoms with van der Waals surface area (Å²) in [6.45, 7) is 2.49. The van der Waals surface area contributed by atoms with Crippen LogP contribution < -0.4 is 14.9 Å². The molecule has 1 aliphatic rings. The molecule has 0 spiro atoms. The van der Waals surface area contributed by atoms with Crippen LogP contribution in [0.2, 0.25) is 0 Å². The monoisotopic (exact) mass is 338 g/mol. The van der Waals surface area contributed by atoms with Crippen molar-refractivity contribution in [2.24, 2.45) is 11.0 Å². The third kappa shape index (κ3) is 4.18. The zero-order chi connectivity index (χ0) is 17.6. The highest BCUT2D eigenvalue weighted by atomic mass is 16.5. The van der Waals surface area contributed by atoms with Gasteiger partial charge in [0.25, 0.3) is 0 Å². The van der Waals surface area contributed by atoms with Gasteiger partial charge in [-0.1, -0.05) is 30.3 Å². The number of nitrogens with one attached hydrogen (secondary N) is 1. The van der Waals surface area contributed by atoms with Gasteiger partial charge in [-0.3, -0.25) is 4.79 Å². The minimum atomic E-state index is -0.0389. The summed E-state index contributed by atoms with van der Waals surface area (Å²) in [5, 5.41) is 4.06. The molecular weight excluding hydrogens is 316 g/mol. The maximum Gasteiger partial charge on any atom is 0.243 e. The predicted molar refractivity (Wildman–Crippen MR) is 97.2 cm³/mol. The molecule has 0 aliphatic heterocycles. The van der Waals surface area contributed by atoms with Gasteiger partial charge in [-0.2, -0.15) is 5.10 Å². The van der Waals surface area contributed by atoms with Crippen LogP contribution in [0.25, 0.3) is 0 Å². The van der Waals surface area contributed by atoms with Gasteiger partial charge in [0, 0.05) is 5.92 Å². The first kappa shape index (κ1) is 17.0. The van der Waals surface area contributed by atoms with E-state index in [-0.39, 0.29) is 11.8 Å². The fraction of sp³-hybridized carbons (Fsp3) is 0.300. The first-order valence-corrected chi connectivity index (χ1v) is 8.41. The first-order chi connectivity index (χ1) is 12.2. The number of hydrogen-bond acceptors (Lipinski definition) is 4. The third-order valence-corrected chi connectivity index (χ3v) is 4.23. The van der Waals surface area contributed by atoms with E-state index in [0.29, 0.717) is 24.0 Å². The van der Waals surface area contributed by atoms with Crippen molar-refractivity contribution in [3.63, 3.8) is 0 Å². The van der Waals surface area contributed by atoms with E-state index < -0.39 is 0 Å². The molecule has 2 aromatic rings. The Morgan fingerprint density at radius 3 is 2.76 bits per heavy atom. The maximum absolute atomic E-state index is 12.2. The van der Waals surface area contributed by atoms with E-state index in [1.807, 2.05) is 43.3 Å². The minimum absolute atomic E-state index is 0.00872. The van der Waals surface area contributed by atoms with Crippen molar-refractivity contribution in [3.05, 3.63) is 59.7 Å². The summed E-state index contributed by atoms with van der Waals surface area (Å²) in [7, 11) is 1.59. The van der Waals surface area contributed by atoms with Crippen molar-refractivity contribution in [2.45, 2.75) is 19.3 Å². The van der Waals surface area contributed by atoms with Crippen molar-refractivity contribution < 1.29 is 14.3 Å². The lowest BCUT2D eigenvalue weighted by atomic mass is 10.1. The van der Waals surface area contributed by atoms with Gasteiger partial charge in [0.05, 0.1) is 19.9 Å². The number of hydrazone groups is 1. The number of nitrogens with zero attached hydrogens (tertiary/aromatic N) is 1. The van der Waals surface area contributed by atoms with Gasteiger partial charge < -0.3 is 9.47 Å². The normalized spacial score (nSPS) is 18.8. The zero-order valence-corrected chi connectivity index (χ0v) is 14.4. The van der Waals surface area contributed by atoms with Crippen LogP contribution in [-0.4, -0.2) is 25.8 Å². The quantitative estimate of drug-likeness (QED) is 0.622. The summed E-state index contributed by atoms with van der Waals surface area (Å²) in [6, 6.07) is 15.6. The Hall–Kier alpha value is -2.82. The molecule has 130 valence electrons.